The summed E-state index contributed by atoms with van der Waals surface area (Å²) in [5.41, 5.74) is 5.30. The topological polar surface area (TPSA) is 78.7 Å². The Morgan fingerprint density at radius 3 is 0.955 bits per heavy atom. The second-order valence-corrected chi connectivity index (χ2v) is 13.8. The van der Waals surface area contributed by atoms with E-state index in [0.717, 1.165) is 13.0 Å². The predicted molar refractivity (Wildman–Crippen MR) is 190 cm³/mol. The number of amides is 4. The maximum absolute atomic E-state index is 12.2. The van der Waals surface area contributed by atoms with E-state index in [-0.39, 0.29) is 6.03 Å². The van der Waals surface area contributed by atoms with Crippen LogP contribution in [0.3, 0.4) is 0 Å². The minimum absolute atomic E-state index is 0.00970. The van der Waals surface area contributed by atoms with E-state index in [4.69, 9.17) is 5.73 Å². The number of urea groups is 2. The van der Waals surface area contributed by atoms with Crippen molar-refractivity contribution in [3.05, 3.63) is 0 Å². The molecule has 3 N–H and O–H groups in total. The van der Waals surface area contributed by atoms with E-state index in [2.05, 4.69) is 12.2 Å². The van der Waals surface area contributed by atoms with Gasteiger partial charge in [-0.25, -0.2) is 9.59 Å². The number of carbonyl (C=O) groups is 2. The van der Waals surface area contributed by atoms with Gasteiger partial charge in [-0.2, -0.15) is 0 Å². The van der Waals surface area contributed by atoms with Crippen LogP contribution in [0.4, 0.5) is 9.59 Å². The molecule has 1 saturated heterocycles. The van der Waals surface area contributed by atoms with Gasteiger partial charge >= 0.3 is 12.1 Å². The Labute approximate surface area is 274 Å². The lowest BCUT2D eigenvalue weighted by Gasteiger charge is -2.33. The average molecular weight is 621 g/mol. The number of hydrogen-bond donors (Lipinski definition) is 2. The molecular formula is C38H76N4O2. The molecule has 0 unspecified atom stereocenters. The highest BCUT2D eigenvalue weighted by atomic mass is 16.2. The predicted octanol–water partition coefficient (Wildman–Crippen LogP) is 11.1. The van der Waals surface area contributed by atoms with Crippen LogP contribution in [0.15, 0.2) is 0 Å². The first-order chi connectivity index (χ1) is 21.6. The molecule has 1 rings (SSSR count). The van der Waals surface area contributed by atoms with E-state index in [9.17, 15) is 9.59 Å². The molecule has 4 amide bonds. The second kappa shape index (κ2) is 31.5. The van der Waals surface area contributed by atoms with Crippen molar-refractivity contribution in [2.45, 2.75) is 200 Å². The molecule has 0 aromatic heterocycles. The fraction of sp³-hybridized carbons (Fsp3) is 0.947. The lowest BCUT2D eigenvalue weighted by Crippen LogP contribution is -2.54. The van der Waals surface area contributed by atoms with Gasteiger partial charge in [-0.1, -0.05) is 193 Å². The zero-order valence-corrected chi connectivity index (χ0v) is 29.5. The lowest BCUT2D eigenvalue weighted by molar-refractivity contribution is 0.147. The summed E-state index contributed by atoms with van der Waals surface area (Å²) < 4.78 is 0. The first-order valence-electron chi connectivity index (χ1n) is 19.7. The van der Waals surface area contributed by atoms with Crippen LogP contribution in [0.25, 0.3) is 0 Å². The van der Waals surface area contributed by atoms with Gasteiger partial charge in [0, 0.05) is 32.7 Å². The van der Waals surface area contributed by atoms with Crippen LogP contribution in [0.2, 0.25) is 0 Å². The maximum atomic E-state index is 12.2. The van der Waals surface area contributed by atoms with Gasteiger partial charge in [0.25, 0.3) is 0 Å². The van der Waals surface area contributed by atoms with Crippen molar-refractivity contribution >= 4 is 12.1 Å². The Hall–Kier alpha value is -1.46. The van der Waals surface area contributed by atoms with Gasteiger partial charge < -0.3 is 20.9 Å². The van der Waals surface area contributed by atoms with Crippen molar-refractivity contribution in [1.82, 2.24) is 15.1 Å². The molecule has 6 nitrogen and oxygen atoms in total. The minimum Gasteiger partial charge on any atom is -0.351 e. The molecule has 1 aliphatic rings. The third-order valence-corrected chi connectivity index (χ3v) is 9.69. The van der Waals surface area contributed by atoms with Crippen molar-refractivity contribution < 1.29 is 9.59 Å². The lowest BCUT2D eigenvalue weighted by atomic mass is 10.0. The fourth-order valence-electron chi connectivity index (χ4n) is 6.59. The first kappa shape index (κ1) is 40.6. The number of hydrogen-bond acceptors (Lipinski definition) is 2. The molecule has 0 aromatic rings. The van der Waals surface area contributed by atoms with Gasteiger partial charge in [0.2, 0.25) is 0 Å². The van der Waals surface area contributed by atoms with Crippen molar-refractivity contribution in [3.63, 3.8) is 0 Å². The number of carbonyl (C=O) groups excluding carboxylic acids is 2. The van der Waals surface area contributed by atoms with Gasteiger partial charge in [-0.05, 0) is 6.42 Å². The van der Waals surface area contributed by atoms with E-state index < -0.39 is 6.03 Å². The molecule has 1 heterocycles. The van der Waals surface area contributed by atoms with Crippen molar-refractivity contribution in [3.8, 4) is 0 Å². The third kappa shape index (κ3) is 25.8. The van der Waals surface area contributed by atoms with Crippen LogP contribution < -0.4 is 11.1 Å². The molecule has 0 aliphatic carbocycles. The summed E-state index contributed by atoms with van der Waals surface area (Å²) in [5.74, 6) is 0. The quantitative estimate of drug-likeness (QED) is 0.0756. The summed E-state index contributed by atoms with van der Waals surface area (Å²) in [6.45, 7) is 5.23. The molecule has 0 bridgehead atoms. The summed E-state index contributed by atoms with van der Waals surface area (Å²) in [6.07, 6.45) is 42.4. The van der Waals surface area contributed by atoms with Gasteiger partial charge in [-0.15, -0.1) is 0 Å². The smallest absolute Gasteiger partial charge is 0.317 e. The number of nitrogens with two attached hydrogens (primary N) is 1. The van der Waals surface area contributed by atoms with Crippen LogP contribution in [0.5, 0.6) is 0 Å². The highest BCUT2D eigenvalue weighted by Gasteiger charge is 2.22. The van der Waals surface area contributed by atoms with Crippen LogP contribution in [-0.4, -0.2) is 54.6 Å². The Bertz CT molecular complexity index is 636. The largest absolute Gasteiger partial charge is 0.351 e. The van der Waals surface area contributed by atoms with Gasteiger partial charge in [0.05, 0.1) is 0 Å². The summed E-state index contributed by atoms with van der Waals surface area (Å²) in [6, 6.07) is -0.407. The average Bonchev–Trinajstić information content (AvgIpc) is 3.03. The zero-order valence-electron chi connectivity index (χ0n) is 29.5. The second-order valence-electron chi connectivity index (χ2n) is 13.8. The number of nitrogens with one attached hydrogen (secondary N) is 1. The third-order valence-electron chi connectivity index (χ3n) is 9.69. The number of piperazine rings is 1. The summed E-state index contributed by atoms with van der Waals surface area (Å²) in [5, 5.41) is 3.02. The van der Waals surface area contributed by atoms with Crippen molar-refractivity contribution in [1.29, 1.82) is 0 Å². The monoisotopic (exact) mass is 621 g/mol. The molecular weight excluding hydrogens is 544 g/mol. The van der Waals surface area contributed by atoms with E-state index in [1.165, 1.54) is 186 Å². The van der Waals surface area contributed by atoms with Crippen LogP contribution in [0.1, 0.15) is 200 Å². The molecule has 0 saturated carbocycles. The number of unbranched alkanes of at least 4 members (excludes halogenated alkanes) is 29. The molecule has 1 aliphatic heterocycles. The van der Waals surface area contributed by atoms with Gasteiger partial charge in [-0.3, -0.25) is 0 Å². The summed E-state index contributed by atoms with van der Waals surface area (Å²) >= 11 is 0. The van der Waals surface area contributed by atoms with Crippen molar-refractivity contribution in [2.24, 2.45) is 5.73 Å². The molecule has 44 heavy (non-hydrogen) atoms. The molecule has 0 atom stereocenters. The molecule has 0 radical (unpaired) electrons. The summed E-state index contributed by atoms with van der Waals surface area (Å²) in [7, 11) is 0. The first-order valence-corrected chi connectivity index (χ1v) is 19.7. The van der Waals surface area contributed by atoms with E-state index in [1.807, 2.05) is 0 Å². The van der Waals surface area contributed by atoms with Crippen LogP contribution in [-0.2, 0) is 0 Å². The fourth-order valence-corrected chi connectivity index (χ4v) is 6.59. The Morgan fingerprint density at radius 2 is 0.682 bits per heavy atom. The van der Waals surface area contributed by atoms with E-state index in [1.54, 1.807) is 9.80 Å². The Balaban J connectivity index is 1.67. The molecule has 0 spiro atoms. The van der Waals surface area contributed by atoms with E-state index >= 15 is 0 Å². The van der Waals surface area contributed by atoms with Crippen LogP contribution in [0, 0.1) is 0 Å². The maximum Gasteiger partial charge on any atom is 0.317 e. The van der Waals surface area contributed by atoms with Gasteiger partial charge in [0.1, 0.15) is 0 Å². The van der Waals surface area contributed by atoms with Crippen LogP contribution >= 0.6 is 0 Å². The Morgan fingerprint density at radius 1 is 0.432 bits per heavy atom. The van der Waals surface area contributed by atoms with Gasteiger partial charge in [0.15, 0.2) is 0 Å². The molecule has 0 aromatic carbocycles. The SMILES string of the molecule is CCCCCCCCCCCCCCCCCCCCCCCCCCCCCCCCNC(=O)N1CCN(C(N)=O)CC1. The standard InChI is InChI=1S/C38H76N4O2/c1-2-3-4-5-6-7-8-9-10-11-12-13-14-15-16-17-18-19-20-21-22-23-24-25-26-27-28-29-30-31-32-40-38(44)42-35-33-41(34-36-42)37(39)43/h2-36H2,1H3,(H2,39,43)(H,40,44). The highest BCUT2D eigenvalue weighted by Crippen LogP contribution is 2.16. The number of nitrogens with zero attached hydrogens (tertiary/aromatic N) is 2. The Kier molecular flexibility index (Phi) is 29.1. The molecule has 1 fully saturated rings. The normalized spacial score (nSPS) is 13.5. The molecule has 260 valence electrons. The molecule has 6 heteroatoms. The minimum atomic E-state index is -0.397. The zero-order chi connectivity index (χ0) is 31.8. The summed E-state index contributed by atoms with van der Waals surface area (Å²) in [4.78, 5) is 26.8. The van der Waals surface area contributed by atoms with Crippen molar-refractivity contribution in [2.75, 3.05) is 32.7 Å². The highest BCUT2D eigenvalue weighted by molar-refractivity contribution is 5.75. The number of rotatable bonds is 31. The van der Waals surface area contributed by atoms with E-state index in [0.29, 0.717) is 26.2 Å². The number of primary amides is 1.